The van der Waals surface area contributed by atoms with Crippen molar-refractivity contribution in [3.8, 4) is 0 Å². The molecule has 2 aliphatic heterocycles. The van der Waals surface area contributed by atoms with E-state index >= 15 is 0 Å². The van der Waals surface area contributed by atoms with Crippen LogP contribution in [0, 0.1) is 5.92 Å². The van der Waals surface area contributed by atoms with Crippen molar-refractivity contribution in [2.45, 2.75) is 45.6 Å². The molecule has 0 aromatic heterocycles. The fourth-order valence-electron chi connectivity index (χ4n) is 3.61. The van der Waals surface area contributed by atoms with Crippen LogP contribution < -0.4 is 5.32 Å². The van der Waals surface area contributed by atoms with E-state index < -0.39 is 0 Å². The second-order valence-corrected chi connectivity index (χ2v) is 6.55. The summed E-state index contributed by atoms with van der Waals surface area (Å²) in [6.07, 6.45) is 2.74. The minimum absolute atomic E-state index is 0.613. The molecule has 3 rings (SSSR count). The Bertz CT molecular complexity index is 447. The zero-order chi connectivity index (χ0) is 13.4. The van der Waals surface area contributed by atoms with Gasteiger partial charge in [-0.1, -0.05) is 32.9 Å². The number of nitrogens with zero attached hydrogens (tertiary/aromatic N) is 1. The molecule has 19 heavy (non-hydrogen) atoms. The molecule has 2 nitrogen and oxygen atoms in total. The summed E-state index contributed by atoms with van der Waals surface area (Å²) in [7, 11) is 0. The van der Waals surface area contributed by atoms with Crippen molar-refractivity contribution >= 4 is 5.69 Å². The van der Waals surface area contributed by atoms with Gasteiger partial charge in [-0.15, -0.1) is 0 Å². The Balaban J connectivity index is 1.99. The maximum absolute atomic E-state index is 3.61. The highest BCUT2D eigenvalue weighted by Crippen LogP contribution is 2.40. The number of anilines is 1. The van der Waals surface area contributed by atoms with E-state index in [0.717, 1.165) is 6.54 Å². The molecule has 2 heteroatoms. The van der Waals surface area contributed by atoms with E-state index in [4.69, 9.17) is 0 Å². The number of likely N-dealkylation sites (tertiary alicyclic amines) is 1. The van der Waals surface area contributed by atoms with Gasteiger partial charge in [0.1, 0.15) is 0 Å². The highest BCUT2D eigenvalue weighted by atomic mass is 15.2. The molecule has 0 bridgehead atoms. The fraction of sp³-hybridized carbons (Fsp3) is 0.647. The molecular weight excluding hydrogens is 232 g/mol. The monoisotopic (exact) mass is 258 g/mol. The number of benzene rings is 1. The van der Waals surface area contributed by atoms with Crippen LogP contribution in [-0.4, -0.2) is 24.5 Å². The van der Waals surface area contributed by atoms with Crippen molar-refractivity contribution in [1.82, 2.24) is 4.90 Å². The summed E-state index contributed by atoms with van der Waals surface area (Å²) in [5, 5.41) is 3.61. The van der Waals surface area contributed by atoms with Gasteiger partial charge in [-0.05, 0) is 55.0 Å². The van der Waals surface area contributed by atoms with E-state index in [9.17, 15) is 0 Å². The van der Waals surface area contributed by atoms with Gasteiger partial charge in [-0.2, -0.15) is 0 Å². The molecule has 0 saturated carbocycles. The molecule has 2 aliphatic rings. The molecule has 1 aromatic rings. The summed E-state index contributed by atoms with van der Waals surface area (Å²) < 4.78 is 0. The molecule has 2 heterocycles. The minimum Gasteiger partial charge on any atom is -0.384 e. The minimum atomic E-state index is 0.613. The number of fused-ring (bicyclic) bond motifs is 1. The topological polar surface area (TPSA) is 15.3 Å². The summed E-state index contributed by atoms with van der Waals surface area (Å²) in [4.78, 5) is 2.70. The Morgan fingerprint density at radius 3 is 2.63 bits per heavy atom. The third-order valence-electron chi connectivity index (χ3n) is 4.75. The van der Waals surface area contributed by atoms with Gasteiger partial charge in [-0.3, -0.25) is 4.90 Å². The lowest BCUT2D eigenvalue weighted by Gasteiger charge is -2.38. The summed E-state index contributed by atoms with van der Waals surface area (Å²) >= 11 is 0. The van der Waals surface area contributed by atoms with Crippen molar-refractivity contribution in [2.24, 2.45) is 5.92 Å². The van der Waals surface area contributed by atoms with Gasteiger partial charge in [0.15, 0.2) is 0 Å². The largest absolute Gasteiger partial charge is 0.384 e. The van der Waals surface area contributed by atoms with Gasteiger partial charge in [0.05, 0.1) is 0 Å². The van der Waals surface area contributed by atoms with Crippen LogP contribution in [0.4, 0.5) is 5.69 Å². The zero-order valence-electron chi connectivity index (χ0n) is 12.4. The summed E-state index contributed by atoms with van der Waals surface area (Å²) in [5.74, 6) is 1.31. The van der Waals surface area contributed by atoms with Crippen LogP contribution in [0.15, 0.2) is 18.2 Å². The molecule has 0 amide bonds. The predicted octanol–water partition coefficient (Wildman–Crippen LogP) is 4.01. The first kappa shape index (κ1) is 13.0. The van der Waals surface area contributed by atoms with E-state index in [-0.39, 0.29) is 0 Å². The fourth-order valence-corrected chi connectivity index (χ4v) is 3.61. The van der Waals surface area contributed by atoms with Crippen LogP contribution in [0.1, 0.15) is 56.7 Å². The SMILES string of the molecule is CC(C)c1ccc2c(c1)C(N1CCCC1)C(C)CN2. The number of hydrogen-bond acceptors (Lipinski definition) is 2. The molecule has 2 unspecified atom stereocenters. The molecule has 1 N–H and O–H groups in total. The smallest absolute Gasteiger partial charge is 0.0410 e. The molecule has 104 valence electrons. The van der Waals surface area contributed by atoms with E-state index in [1.54, 1.807) is 0 Å². The average molecular weight is 258 g/mol. The molecule has 0 spiro atoms. The molecule has 1 saturated heterocycles. The van der Waals surface area contributed by atoms with Gasteiger partial charge in [0.25, 0.3) is 0 Å². The summed E-state index contributed by atoms with van der Waals surface area (Å²) in [6.45, 7) is 10.6. The van der Waals surface area contributed by atoms with Crippen LogP contribution in [0.2, 0.25) is 0 Å². The third kappa shape index (κ3) is 2.38. The van der Waals surface area contributed by atoms with Crippen molar-refractivity contribution in [3.05, 3.63) is 29.3 Å². The summed E-state index contributed by atoms with van der Waals surface area (Å²) in [5.41, 5.74) is 4.37. The van der Waals surface area contributed by atoms with Crippen molar-refractivity contribution in [1.29, 1.82) is 0 Å². The maximum Gasteiger partial charge on any atom is 0.0410 e. The lowest BCUT2D eigenvalue weighted by Crippen LogP contribution is -2.37. The van der Waals surface area contributed by atoms with E-state index in [2.05, 4.69) is 49.2 Å². The molecule has 0 aliphatic carbocycles. The zero-order valence-corrected chi connectivity index (χ0v) is 12.4. The Labute approximate surface area is 117 Å². The number of rotatable bonds is 2. The number of nitrogens with one attached hydrogen (secondary N) is 1. The first-order chi connectivity index (χ1) is 9.16. The highest BCUT2D eigenvalue weighted by molar-refractivity contribution is 5.57. The summed E-state index contributed by atoms with van der Waals surface area (Å²) in [6, 6.07) is 7.65. The lowest BCUT2D eigenvalue weighted by molar-refractivity contribution is 0.185. The molecule has 0 radical (unpaired) electrons. The van der Waals surface area contributed by atoms with Crippen molar-refractivity contribution < 1.29 is 0 Å². The third-order valence-corrected chi connectivity index (χ3v) is 4.75. The standard InChI is InChI=1S/C17H26N2/c1-12(2)14-6-7-16-15(10-14)17(13(3)11-18-16)19-8-4-5-9-19/h6-7,10,12-13,17-18H,4-5,8-9,11H2,1-3H3. The maximum atomic E-state index is 3.61. The van der Waals surface area contributed by atoms with Crippen molar-refractivity contribution in [3.63, 3.8) is 0 Å². The predicted molar refractivity (Wildman–Crippen MR) is 81.7 cm³/mol. The normalized spacial score (nSPS) is 27.4. The van der Waals surface area contributed by atoms with Crippen molar-refractivity contribution in [2.75, 3.05) is 25.0 Å². The Morgan fingerprint density at radius 1 is 1.21 bits per heavy atom. The molecular formula is C17H26N2. The quantitative estimate of drug-likeness (QED) is 0.862. The average Bonchev–Trinajstić information content (AvgIpc) is 2.91. The second kappa shape index (κ2) is 5.16. The lowest BCUT2D eigenvalue weighted by atomic mass is 9.86. The Kier molecular flexibility index (Phi) is 3.53. The Morgan fingerprint density at radius 2 is 1.95 bits per heavy atom. The van der Waals surface area contributed by atoms with Gasteiger partial charge >= 0.3 is 0 Å². The van der Waals surface area contributed by atoms with E-state index in [1.165, 1.54) is 42.7 Å². The van der Waals surface area contributed by atoms with Gasteiger partial charge < -0.3 is 5.32 Å². The first-order valence-electron chi connectivity index (χ1n) is 7.78. The van der Waals surface area contributed by atoms with Crippen LogP contribution in [-0.2, 0) is 0 Å². The first-order valence-corrected chi connectivity index (χ1v) is 7.78. The molecule has 1 fully saturated rings. The van der Waals surface area contributed by atoms with E-state index in [0.29, 0.717) is 17.9 Å². The Hall–Kier alpha value is -1.02. The molecule has 1 aromatic carbocycles. The van der Waals surface area contributed by atoms with Gasteiger partial charge in [0.2, 0.25) is 0 Å². The molecule has 2 atom stereocenters. The second-order valence-electron chi connectivity index (χ2n) is 6.55. The van der Waals surface area contributed by atoms with E-state index in [1.807, 2.05) is 0 Å². The van der Waals surface area contributed by atoms with Crippen LogP contribution >= 0.6 is 0 Å². The number of hydrogen-bond donors (Lipinski definition) is 1. The van der Waals surface area contributed by atoms with Crippen LogP contribution in [0.25, 0.3) is 0 Å². The van der Waals surface area contributed by atoms with Gasteiger partial charge in [0, 0.05) is 18.3 Å². The van der Waals surface area contributed by atoms with Crippen LogP contribution in [0.5, 0.6) is 0 Å². The van der Waals surface area contributed by atoms with Crippen LogP contribution in [0.3, 0.4) is 0 Å². The van der Waals surface area contributed by atoms with Gasteiger partial charge in [-0.25, -0.2) is 0 Å². The highest BCUT2D eigenvalue weighted by Gasteiger charge is 2.32.